The first kappa shape index (κ1) is 22.2. The molecule has 0 spiro atoms. The minimum atomic E-state index is -3.82. The summed E-state index contributed by atoms with van der Waals surface area (Å²) < 4.78 is 40.0. The molecule has 7 nitrogen and oxygen atoms in total. The molecule has 0 aliphatic carbocycles. The summed E-state index contributed by atoms with van der Waals surface area (Å²) in [4.78, 5) is 23.8. The summed E-state index contributed by atoms with van der Waals surface area (Å²) in [7, 11) is -3.82. The molecule has 2 aromatic carbocycles. The van der Waals surface area contributed by atoms with Gasteiger partial charge in [-0.3, -0.25) is 9.59 Å². The van der Waals surface area contributed by atoms with E-state index in [0.717, 1.165) is 12.1 Å². The van der Waals surface area contributed by atoms with Crippen molar-refractivity contribution in [2.45, 2.75) is 24.7 Å². The Labute approximate surface area is 179 Å². The highest BCUT2D eigenvalue weighted by Gasteiger charge is 2.33. The van der Waals surface area contributed by atoms with E-state index in [2.05, 4.69) is 10.6 Å². The van der Waals surface area contributed by atoms with Crippen LogP contribution in [-0.2, 0) is 19.6 Å². The lowest BCUT2D eigenvalue weighted by Gasteiger charge is -2.31. The maximum Gasteiger partial charge on any atom is 0.243 e. The predicted octanol–water partition coefficient (Wildman–Crippen LogP) is 3.48. The van der Waals surface area contributed by atoms with E-state index in [-0.39, 0.29) is 34.8 Å². The molecule has 1 heterocycles. The number of hydrogen-bond donors (Lipinski definition) is 2. The molecule has 30 heavy (non-hydrogen) atoms. The van der Waals surface area contributed by atoms with Crippen LogP contribution in [0.4, 0.5) is 15.8 Å². The van der Waals surface area contributed by atoms with Crippen molar-refractivity contribution >= 4 is 44.8 Å². The number of amides is 2. The van der Waals surface area contributed by atoms with Crippen LogP contribution in [0.25, 0.3) is 0 Å². The Bertz CT molecular complexity index is 1060. The molecular weight excluding hydrogens is 433 g/mol. The van der Waals surface area contributed by atoms with Crippen LogP contribution in [-0.4, -0.2) is 37.6 Å². The lowest BCUT2D eigenvalue weighted by atomic mass is 9.98. The third kappa shape index (κ3) is 5.16. The van der Waals surface area contributed by atoms with Gasteiger partial charge in [-0.1, -0.05) is 11.6 Å². The molecule has 1 aliphatic heterocycles. The average Bonchev–Trinajstić information content (AvgIpc) is 2.70. The van der Waals surface area contributed by atoms with Crippen molar-refractivity contribution in [3.63, 3.8) is 0 Å². The molecule has 10 heteroatoms. The van der Waals surface area contributed by atoms with Gasteiger partial charge < -0.3 is 10.6 Å². The summed E-state index contributed by atoms with van der Waals surface area (Å²) in [5.74, 6) is -1.66. The summed E-state index contributed by atoms with van der Waals surface area (Å²) in [6.07, 6.45) is 1.05. The van der Waals surface area contributed by atoms with Gasteiger partial charge in [-0.25, -0.2) is 12.8 Å². The molecule has 1 saturated heterocycles. The minimum Gasteiger partial charge on any atom is -0.326 e. The van der Waals surface area contributed by atoms with Crippen LogP contribution in [0.3, 0.4) is 0 Å². The summed E-state index contributed by atoms with van der Waals surface area (Å²) in [5.41, 5.74) is 0.869. The molecular formula is C20H21ClFN3O4S. The zero-order valence-electron chi connectivity index (χ0n) is 16.2. The summed E-state index contributed by atoms with van der Waals surface area (Å²) in [6.45, 7) is 1.68. The SMILES string of the molecule is CC(=O)Nc1ccc(NC(=O)C2CCCN(S(=O)(=O)c3ccc(F)cc3)C2)c(Cl)c1. The van der Waals surface area contributed by atoms with E-state index in [0.29, 0.717) is 24.2 Å². The van der Waals surface area contributed by atoms with Crippen LogP contribution in [0.2, 0.25) is 5.02 Å². The fraction of sp³-hybridized carbons (Fsp3) is 0.300. The zero-order valence-corrected chi connectivity index (χ0v) is 17.8. The quantitative estimate of drug-likeness (QED) is 0.724. The van der Waals surface area contributed by atoms with Gasteiger partial charge in [0.2, 0.25) is 21.8 Å². The third-order valence-corrected chi connectivity index (χ3v) is 6.95. The molecule has 1 aliphatic rings. The summed E-state index contributed by atoms with van der Waals surface area (Å²) in [5, 5.41) is 5.57. The number of rotatable bonds is 5. The number of sulfonamides is 1. The van der Waals surface area contributed by atoms with Crippen molar-refractivity contribution in [1.82, 2.24) is 4.31 Å². The van der Waals surface area contributed by atoms with Gasteiger partial charge in [-0.05, 0) is 55.3 Å². The van der Waals surface area contributed by atoms with Crippen molar-refractivity contribution in [2.24, 2.45) is 5.92 Å². The monoisotopic (exact) mass is 453 g/mol. The molecule has 2 aromatic rings. The Hall–Kier alpha value is -2.49. The molecule has 3 rings (SSSR count). The van der Waals surface area contributed by atoms with Crippen molar-refractivity contribution in [3.8, 4) is 0 Å². The van der Waals surface area contributed by atoms with Crippen molar-refractivity contribution < 1.29 is 22.4 Å². The summed E-state index contributed by atoms with van der Waals surface area (Å²) in [6, 6.07) is 9.30. The van der Waals surface area contributed by atoms with Gasteiger partial charge in [-0.2, -0.15) is 4.31 Å². The normalized spacial score (nSPS) is 17.4. The van der Waals surface area contributed by atoms with Crippen LogP contribution < -0.4 is 10.6 Å². The Kier molecular flexibility index (Phi) is 6.74. The number of carbonyl (C=O) groups is 2. The van der Waals surface area contributed by atoms with Gasteiger partial charge in [0.05, 0.1) is 21.5 Å². The number of halogens is 2. The van der Waals surface area contributed by atoms with E-state index in [1.165, 1.54) is 29.4 Å². The molecule has 0 aromatic heterocycles. The van der Waals surface area contributed by atoms with Gasteiger partial charge in [0.15, 0.2) is 0 Å². The van der Waals surface area contributed by atoms with Crippen LogP contribution in [0, 0.1) is 11.7 Å². The first-order chi connectivity index (χ1) is 14.2. The number of anilines is 2. The molecule has 2 amide bonds. The maximum atomic E-state index is 13.1. The van der Waals surface area contributed by atoms with E-state index >= 15 is 0 Å². The van der Waals surface area contributed by atoms with Crippen LogP contribution >= 0.6 is 11.6 Å². The van der Waals surface area contributed by atoms with E-state index in [1.54, 1.807) is 12.1 Å². The molecule has 160 valence electrons. The summed E-state index contributed by atoms with van der Waals surface area (Å²) >= 11 is 6.19. The number of piperidine rings is 1. The lowest BCUT2D eigenvalue weighted by Crippen LogP contribution is -2.43. The van der Waals surface area contributed by atoms with Gasteiger partial charge in [0.1, 0.15) is 5.82 Å². The van der Waals surface area contributed by atoms with E-state index in [9.17, 15) is 22.4 Å². The number of nitrogens with zero attached hydrogens (tertiary/aromatic N) is 1. The molecule has 1 atom stereocenters. The molecule has 1 fully saturated rings. The molecule has 1 unspecified atom stereocenters. The highest BCUT2D eigenvalue weighted by atomic mass is 35.5. The third-order valence-electron chi connectivity index (χ3n) is 4.75. The lowest BCUT2D eigenvalue weighted by molar-refractivity contribution is -0.121. The first-order valence-corrected chi connectivity index (χ1v) is 11.1. The second kappa shape index (κ2) is 9.11. The van der Waals surface area contributed by atoms with Crippen molar-refractivity contribution in [3.05, 3.63) is 53.3 Å². The van der Waals surface area contributed by atoms with Gasteiger partial charge in [0, 0.05) is 25.7 Å². The Morgan fingerprint density at radius 1 is 1.13 bits per heavy atom. The minimum absolute atomic E-state index is 0.0124. The van der Waals surface area contributed by atoms with E-state index < -0.39 is 21.8 Å². The van der Waals surface area contributed by atoms with Crippen molar-refractivity contribution in [1.29, 1.82) is 0 Å². The highest BCUT2D eigenvalue weighted by Crippen LogP contribution is 2.28. The second-order valence-electron chi connectivity index (χ2n) is 7.02. The molecule has 0 bridgehead atoms. The smallest absolute Gasteiger partial charge is 0.243 e. The average molecular weight is 454 g/mol. The van der Waals surface area contributed by atoms with Gasteiger partial charge in [-0.15, -0.1) is 0 Å². The largest absolute Gasteiger partial charge is 0.326 e. The Morgan fingerprint density at radius 2 is 1.83 bits per heavy atom. The topological polar surface area (TPSA) is 95.6 Å². The van der Waals surface area contributed by atoms with Crippen molar-refractivity contribution in [2.75, 3.05) is 23.7 Å². The number of carbonyl (C=O) groups excluding carboxylic acids is 2. The number of hydrogen-bond acceptors (Lipinski definition) is 4. The van der Waals surface area contributed by atoms with Crippen LogP contribution in [0.1, 0.15) is 19.8 Å². The second-order valence-corrected chi connectivity index (χ2v) is 9.37. The van der Waals surface area contributed by atoms with E-state index in [1.807, 2.05) is 0 Å². The fourth-order valence-electron chi connectivity index (χ4n) is 3.26. The molecule has 2 N–H and O–H groups in total. The Morgan fingerprint density at radius 3 is 2.47 bits per heavy atom. The van der Waals surface area contributed by atoms with E-state index in [4.69, 9.17) is 11.6 Å². The van der Waals surface area contributed by atoms with Crippen LogP contribution in [0.5, 0.6) is 0 Å². The Balaban J connectivity index is 1.70. The van der Waals surface area contributed by atoms with Gasteiger partial charge in [0.25, 0.3) is 0 Å². The fourth-order valence-corrected chi connectivity index (χ4v) is 5.01. The highest BCUT2D eigenvalue weighted by molar-refractivity contribution is 7.89. The maximum absolute atomic E-state index is 13.1. The number of benzene rings is 2. The molecule has 0 radical (unpaired) electrons. The predicted molar refractivity (Wildman–Crippen MR) is 112 cm³/mol. The zero-order chi connectivity index (χ0) is 21.9. The first-order valence-electron chi connectivity index (χ1n) is 9.30. The number of nitrogens with one attached hydrogen (secondary N) is 2. The van der Waals surface area contributed by atoms with Gasteiger partial charge >= 0.3 is 0 Å². The van der Waals surface area contributed by atoms with Crippen LogP contribution in [0.15, 0.2) is 47.4 Å². The standard InChI is InChI=1S/C20H21ClFN3O4S/c1-13(26)23-16-6-9-19(18(21)11-16)24-20(27)14-3-2-10-25(12-14)30(28,29)17-7-4-15(22)5-8-17/h4-9,11,14H,2-3,10,12H2,1H3,(H,23,26)(H,24,27). The molecule has 0 saturated carbocycles.